The fraction of sp³-hybridized carbons (Fsp3) is 0.133. The quantitative estimate of drug-likeness (QED) is 0.862. The van der Waals surface area contributed by atoms with E-state index in [0.717, 1.165) is 10.5 Å². The molecule has 3 amide bonds. The third-order valence-electron chi connectivity index (χ3n) is 3.22. The number of benzene rings is 1. The van der Waals surface area contributed by atoms with Crippen LogP contribution in [0.15, 0.2) is 54.9 Å². The Kier molecular flexibility index (Phi) is 3.16. The van der Waals surface area contributed by atoms with Crippen molar-refractivity contribution in [3.63, 3.8) is 0 Å². The van der Waals surface area contributed by atoms with Crippen LogP contribution in [-0.2, 0) is 11.2 Å². The Bertz CT molecular complexity index is 628. The normalized spacial score (nSPS) is 18.2. The summed E-state index contributed by atoms with van der Waals surface area (Å²) in [6.07, 6.45) is 3.60. The Labute approximate surface area is 116 Å². The lowest BCUT2D eigenvalue weighted by atomic mass is 10.1. The molecule has 0 saturated carbocycles. The van der Waals surface area contributed by atoms with E-state index in [1.807, 2.05) is 30.3 Å². The first-order valence-electron chi connectivity index (χ1n) is 6.34. The number of rotatable bonds is 3. The topological polar surface area (TPSA) is 62.3 Å². The van der Waals surface area contributed by atoms with Gasteiger partial charge >= 0.3 is 6.03 Å². The SMILES string of the molecule is O=C1NC(Cc2ccccc2)C(=O)N1c1ccncc1. The minimum Gasteiger partial charge on any atom is -0.325 e. The molecule has 1 atom stereocenters. The number of pyridine rings is 1. The number of aromatic nitrogens is 1. The summed E-state index contributed by atoms with van der Waals surface area (Å²) in [5.74, 6) is -0.231. The second kappa shape index (κ2) is 5.13. The summed E-state index contributed by atoms with van der Waals surface area (Å²) in [6, 6.07) is 12.0. The van der Waals surface area contributed by atoms with Crippen molar-refractivity contribution in [3.05, 3.63) is 60.4 Å². The van der Waals surface area contributed by atoms with Crippen LogP contribution in [0.2, 0.25) is 0 Å². The third kappa shape index (κ3) is 2.25. The Hall–Kier alpha value is -2.69. The maximum Gasteiger partial charge on any atom is 0.329 e. The molecule has 1 unspecified atom stereocenters. The molecule has 1 aromatic carbocycles. The van der Waals surface area contributed by atoms with E-state index in [9.17, 15) is 9.59 Å². The minimum absolute atomic E-state index is 0.231. The zero-order valence-electron chi connectivity index (χ0n) is 10.7. The zero-order chi connectivity index (χ0) is 13.9. The van der Waals surface area contributed by atoms with Crippen molar-refractivity contribution < 1.29 is 9.59 Å². The molecular weight excluding hydrogens is 254 g/mol. The van der Waals surface area contributed by atoms with Gasteiger partial charge in [-0.15, -0.1) is 0 Å². The average molecular weight is 267 g/mol. The fourth-order valence-electron chi connectivity index (χ4n) is 2.26. The molecule has 0 bridgehead atoms. The van der Waals surface area contributed by atoms with Crippen LogP contribution in [0.4, 0.5) is 10.5 Å². The van der Waals surface area contributed by atoms with Crippen LogP contribution in [0.5, 0.6) is 0 Å². The van der Waals surface area contributed by atoms with E-state index in [2.05, 4.69) is 10.3 Å². The smallest absolute Gasteiger partial charge is 0.325 e. The number of nitrogens with one attached hydrogen (secondary N) is 1. The highest BCUT2D eigenvalue weighted by Crippen LogP contribution is 2.19. The van der Waals surface area contributed by atoms with Crippen molar-refractivity contribution in [1.29, 1.82) is 0 Å². The molecule has 0 spiro atoms. The van der Waals surface area contributed by atoms with E-state index in [4.69, 9.17) is 0 Å². The van der Waals surface area contributed by atoms with E-state index in [1.165, 1.54) is 0 Å². The molecule has 0 aliphatic carbocycles. The van der Waals surface area contributed by atoms with Gasteiger partial charge in [0.1, 0.15) is 6.04 Å². The Morgan fingerprint density at radius 1 is 1.05 bits per heavy atom. The summed E-state index contributed by atoms with van der Waals surface area (Å²) >= 11 is 0. The maximum absolute atomic E-state index is 12.3. The van der Waals surface area contributed by atoms with Crippen LogP contribution >= 0.6 is 0 Å². The summed E-state index contributed by atoms with van der Waals surface area (Å²) in [5, 5.41) is 2.72. The first kappa shape index (κ1) is 12.3. The van der Waals surface area contributed by atoms with Gasteiger partial charge in [-0.3, -0.25) is 9.78 Å². The number of imide groups is 1. The van der Waals surface area contributed by atoms with Gasteiger partial charge < -0.3 is 5.32 Å². The molecule has 3 rings (SSSR count). The van der Waals surface area contributed by atoms with E-state index < -0.39 is 6.04 Å². The molecule has 1 N–H and O–H groups in total. The molecule has 2 heterocycles. The monoisotopic (exact) mass is 267 g/mol. The number of hydrogen-bond donors (Lipinski definition) is 1. The van der Waals surface area contributed by atoms with Gasteiger partial charge in [0, 0.05) is 18.8 Å². The van der Waals surface area contributed by atoms with E-state index in [-0.39, 0.29) is 11.9 Å². The molecule has 20 heavy (non-hydrogen) atoms. The van der Waals surface area contributed by atoms with Gasteiger partial charge in [-0.05, 0) is 17.7 Å². The highest BCUT2D eigenvalue weighted by Gasteiger charge is 2.38. The second-order valence-corrected chi connectivity index (χ2v) is 4.57. The zero-order valence-corrected chi connectivity index (χ0v) is 10.7. The number of urea groups is 1. The lowest BCUT2D eigenvalue weighted by molar-refractivity contribution is -0.118. The average Bonchev–Trinajstić information content (AvgIpc) is 2.75. The van der Waals surface area contributed by atoms with Crippen LogP contribution in [0.1, 0.15) is 5.56 Å². The van der Waals surface area contributed by atoms with Crippen LogP contribution < -0.4 is 10.2 Å². The molecule has 100 valence electrons. The Balaban J connectivity index is 1.81. The number of nitrogens with zero attached hydrogens (tertiary/aromatic N) is 2. The van der Waals surface area contributed by atoms with E-state index in [1.54, 1.807) is 24.5 Å². The minimum atomic E-state index is -0.516. The Morgan fingerprint density at radius 2 is 1.75 bits per heavy atom. The molecule has 5 nitrogen and oxygen atoms in total. The third-order valence-corrected chi connectivity index (χ3v) is 3.22. The molecule has 1 aromatic heterocycles. The van der Waals surface area contributed by atoms with Crippen molar-refractivity contribution in [2.45, 2.75) is 12.5 Å². The van der Waals surface area contributed by atoms with Crippen molar-refractivity contribution in [2.75, 3.05) is 4.90 Å². The Morgan fingerprint density at radius 3 is 2.45 bits per heavy atom. The highest BCUT2D eigenvalue weighted by atomic mass is 16.2. The van der Waals surface area contributed by atoms with Crippen molar-refractivity contribution in [3.8, 4) is 0 Å². The number of hydrogen-bond acceptors (Lipinski definition) is 3. The van der Waals surface area contributed by atoms with Crippen molar-refractivity contribution in [1.82, 2.24) is 10.3 Å². The van der Waals surface area contributed by atoms with Gasteiger partial charge in [-0.2, -0.15) is 0 Å². The molecule has 0 radical (unpaired) electrons. The molecule has 1 saturated heterocycles. The first-order valence-corrected chi connectivity index (χ1v) is 6.34. The van der Waals surface area contributed by atoms with Gasteiger partial charge in [0.25, 0.3) is 5.91 Å². The summed E-state index contributed by atoms with van der Waals surface area (Å²) in [4.78, 5) is 29.3. The summed E-state index contributed by atoms with van der Waals surface area (Å²) in [5.41, 5.74) is 1.56. The van der Waals surface area contributed by atoms with Crippen LogP contribution in [0.3, 0.4) is 0 Å². The van der Waals surface area contributed by atoms with E-state index >= 15 is 0 Å². The number of amides is 3. The van der Waals surface area contributed by atoms with Gasteiger partial charge in [0.15, 0.2) is 0 Å². The van der Waals surface area contributed by atoms with Gasteiger partial charge in [0.2, 0.25) is 0 Å². The summed E-state index contributed by atoms with van der Waals surface area (Å²) in [7, 11) is 0. The number of carbonyl (C=O) groups excluding carboxylic acids is 2. The molecular formula is C15H13N3O2. The predicted molar refractivity (Wildman–Crippen MR) is 74.2 cm³/mol. The molecule has 1 fully saturated rings. The van der Waals surface area contributed by atoms with Gasteiger partial charge in [0.05, 0.1) is 5.69 Å². The lowest BCUT2D eigenvalue weighted by Gasteiger charge is -2.12. The van der Waals surface area contributed by atoms with Gasteiger partial charge in [-0.1, -0.05) is 30.3 Å². The van der Waals surface area contributed by atoms with Crippen LogP contribution in [0.25, 0.3) is 0 Å². The largest absolute Gasteiger partial charge is 0.329 e. The van der Waals surface area contributed by atoms with Gasteiger partial charge in [-0.25, -0.2) is 9.69 Å². The van der Waals surface area contributed by atoms with Crippen LogP contribution in [-0.4, -0.2) is 23.0 Å². The maximum atomic E-state index is 12.3. The fourth-order valence-corrected chi connectivity index (χ4v) is 2.26. The predicted octanol–water partition coefficient (Wildman–Crippen LogP) is 1.75. The highest BCUT2D eigenvalue weighted by molar-refractivity contribution is 6.21. The standard InChI is InChI=1S/C15H13N3O2/c19-14-13(10-11-4-2-1-3-5-11)17-15(20)18(14)12-6-8-16-9-7-12/h1-9,13H,10H2,(H,17,20). The summed E-state index contributed by atoms with van der Waals surface area (Å²) < 4.78 is 0. The second-order valence-electron chi connectivity index (χ2n) is 4.57. The van der Waals surface area contributed by atoms with Crippen molar-refractivity contribution in [2.24, 2.45) is 0 Å². The van der Waals surface area contributed by atoms with Crippen molar-refractivity contribution >= 4 is 17.6 Å². The number of anilines is 1. The number of carbonyl (C=O) groups is 2. The van der Waals surface area contributed by atoms with E-state index in [0.29, 0.717) is 12.1 Å². The molecule has 2 aromatic rings. The summed E-state index contributed by atoms with van der Waals surface area (Å²) in [6.45, 7) is 0. The molecule has 5 heteroatoms. The molecule has 1 aliphatic heterocycles. The molecule has 1 aliphatic rings. The first-order chi connectivity index (χ1) is 9.75. The lowest BCUT2D eigenvalue weighted by Crippen LogP contribution is -2.32. The van der Waals surface area contributed by atoms with Crippen LogP contribution in [0, 0.1) is 0 Å².